The number of ketones is 1. The topological polar surface area (TPSA) is 107 Å². The average Bonchev–Trinajstić information content (AvgIpc) is 2.99. The molecule has 2 unspecified atom stereocenters. The minimum absolute atomic E-state index is 0.0649. The van der Waals surface area contributed by atoms with Gasteiger partial charge in [0, 0.05) is 36.8 Å². The fraction of sp³-hybridized carbons (Fsp3) is 0.692. The van der Waals surface area contributed by atoms with Crippen LogP contribution in [0.1, 0.15) is 98.8 Å². The molecule has 0 saturated carbocycles. The second-order valence-electron chi connectivity index (χ2n) is 9.28. The molecule has 7 heteroatoms. The molecule has 33 heavy (non-hydrogen) atoms. The van der Waals surface area contributed by atoms with Crippen molar-refractivity contribution in [1.82, 2.24) is 0 Å². The summed E-state index contributed by atoms with van der Waals surface area (Å²) in [5, 5.41) is 8.74. The van der Waals surface area contributed by atoms with Gasteiger partial charge in [0.05, 0.1) is 6.42 Å². The highest BCUT2D eigenvalue weighted by atomic mass is 16.5. The maximum absolute atomic E-state index is 12.7. The first-order chi connectivity index (χ1) is 15.5. The van der Waals surface area contributed by atoms with E-state index in [1.54, 1.807) is 0 Å². The zero-order chi connectivity index (χ0) is 25.0. The second-order valence-corrected chi connectivity index (χ2v) is 9.28. The summed E-state index contributed by atoms with van der Waals surface area (Å²) >= 11 is 0. The molecule has 0 spiro atoms. The van der Waals surface area contributed by atoms with E-state index in [1.807, 2.05) is 13.8 Å². The molecule has 184 valence electrons. The maximum atomic E-state index is 12.7. The summed E-state index contributed by atoms with van der Waals surface area (Å²) in [4.78, 5) is 46.6. The zero-order valence-electron chi connectivity index (χ0n) is 20.6. The van der Waals surface area contributed by atoms with Gasteiger partial charge in [-0.3, -0.25) is 19.2 Å². The Bertz CT molecular complexity index is 810. The van der Waals surface area contributed by atoms with Crippen LogP contribution in [0.3, 0.4) is 0 Å². The fourth-order valence-corrected chi connectivity index (χ4v) is 3.86. The van der Waals surface area contributed by atoms with E-state index >= 15 is 0 Å². The van der Waals surface area contributed by atoms with Crippen LogP contribution in [0.15, 0.2) is 11.1 Å². The molecular formula is C26H38O7. The van der Waals surface area contributed by atoms with Gasteiger partial charge in [-0.05, 0) is 25.7 Å². The molecule has 1 rings (SSSR count). The van der Waals surface area contributed by atoms with Crippen LogP contribution in [0.25, 0.3) is 0 Å². The first kappa shape index (κ1) is 28.4. The molecule has 0 fully saturated rings. The number of carbonyl (C=O) groups is 4. The van der Waals surface area contributed by atoms with Crippen LogP contribution in [0.4, 0.5) is 0 Å². The first-order valence-electron chi connectivity index (χ1n) is 11.8. The van der Waals surface area contributed by atoms with Gasteiger partial charge in [0.25, 0.3) is 0 Å². The lowest BCUT2D eigenvalue weighted by molar-refractivity contribution is -0.148. The third-order valence-corrected chi connectivity index (χ3v) is 5.74. The number of aliphatic carboxylic acids is 1. The molecule has 2 atom stereocenters. The van der Waals surface area contributed by atoms with Crippen LogP contribution in [0.2, 0.25) is 0 Å². The Morgan fingerprint density at radius 2 is 1.76 bits per heavy atom. The summed E-state index contributed by atoms with van der Waals surface area (Å²) in [7, 11) is 0. The third kappa shape index (κ3) is 10.2. The van der Waals surface area contributed by atoms with Crippen LogP contribution in [-0.2, 0) is 28.7 Å². The van der Waals surface area contributed by atoms with Crippen molar-refractivity contribution in [3.63, 3.8) is 0 Å². The van der Waals surface area contributed by atoms with E-state index in [0.29, 0.717) is 30.4 Å². The number of Topliss-reactive ketones (excluding diaryl/α,β-unsaturated/α-hetero) is 1. The molecule has 1 aliphatic carbocycles. The molecule has 0 radical (unpaired) electrons. The van der Waals surface area contributed by atoms with Crippen molar-refractivity contribution < 1.29 is 33.8 Å². The Morgan fingerprint density at radius 1 is 1.09 bits per heavy atom. The van der Waals surface area contributed by atoms with Gasteiger partial charge in [0.2, 0.25) is 0 Å². The number of allylic oxidation sites excluding steroid dienone is 1. The summed E-state index contributed by atoms with van der Waals surface area (Å²) in [6.07, 6.45) is 5.00. The van der Waals surface area contributed by atoms with Crippen molar-refractivity contribution >= 4 is 23.7 Å². The number of hydrogen-bond donors (Lipinski definition) is 1. The summed E-state index contributed by atoms with van der Waals surface area (Å²) in [5.74, 6) is 4.30. The highest BCUT2D eigenvalue weighted by molar-refractivity contribution is 6.01. The number of carboxylic acids is 1. The number of hydrogen-bond acceptors (Lipinski definition) is 6. The van der Waals surface area contributed by atoms with E-state index < -0.39 is 30.1 Å². The zero-order valence-corrected chi connectivity index (χ0v) is 20.6. The molecule has 0 aromatic heterocycles. The summed E-state index contributed by atoms with van der Waals surface area (Å²) in [5.41, 5.74) is 0.670. The van der Waals surface area contributed by atoms with E-state index in [4.69, 9.17) is 14.6 Å². The summed E-state index contributed by atoms with van der Waals surface area (Å²) in [6.45, 7) is 8.74. The number of carbonyl (C=O) groups excluding carboxylic acids is 3. The van der Waals surface area contributed by atoms with E-state index in [0.717, 1.165) is 32.1 Å². The van der Waals surface area contributed by atoms with Crippen LogP contribution in [0.5, 0.6) is 0 Å². The first-order valence-corrected chi connectivity index (χ1v) is 11.8. The monoisotopic (exact) mass is 462 g/mol. The van der Waals surface area contributed by atoms with E-state index in [-0.39, 0.29) is 24.0 Å². The molecule has 1 N–H and O–H groups in total. The molecule has 0 aliphatic heterocycles. The van der Waals surface area contributed by atoms with Gasteiger partial charge in [-0.15, -0.1) is 0 Å². The number of rotatable bonds is 13. The highest BCUT2D eigenvalue weighted by Crippen LogP contribution is 2.32. The lowest BCUT2D eigenvalue weighted by atomic mass is 9.81. The molecule has 0 saturated heterocycles. The van der Waals surface area contributed by atoms with Crippen molar-refractivity contribution in [1.29, 1.82) is 0 Å². The van der Waals surface area contributed by atoms with Crippen LogP contribution >= 0.6 is 0 Å². The smallest absolute Gasteiger partial charge is 0.303 e. The maximum Gasteiger partial charge on any atom is 0.303 e. The fourth-order valence-electron chi connectivity index (χ4n) is 3.86. The van der Waals surface area contributed by atoms with Crippen LogP contribution in [-0.4, -0.2) is 41.0 Å². The standard InChI is InChI=1S/C26H38O7/c1-6-7-16-26(4,5)24(33-19(3)28)15-14-21-20(12-10-8-9-11-13-25(30)31)22(29)17-23(21)32-18(2)27/h23-24H,6-13,16-17H2,1-5H3,(H,30,31). The van der Waals surface area contributed by atoms with E-state index in [2.05, 4.69) is 18.8 Å². The van der Waals surface area contributed by atoms with Gasteiger partial charge in [0.15, 0.2) is 11.9 Å². The molecule has 0 aromatic rings. The minimum Gasteiger partial charge on any atom is -0.481 e. The number of carboxylic acid groups (broad SMARTS) is 1. The molecule has 7 nitrogen and oxygen atoms in total. The normalized spacial score (nSPS) is 16.8. The largest absolute Gasteiger partial charge is 0.481 e. The van der Waals surface area contributed by atoms with Crippen molar-refractivity contribution in [2.45, 2.75) is 111 Å². The SMILES string of the molecule is CCCCC(C)(C)C(C#CC1=C(CCCCCCC(=O)O)C(=O)CC1OC(C)=O)OC(C)=O. The van der Waals surface area contributed by atoms with Gasteiger partial charge in [-0.2, -0.15) is 0 Å². The molecular weight excluding hydrogens is 424 g/mol. The highest BCUT2D eigenvalue weighted by Gasteiger charge is 2.34. The average molecular weight is 463 g/mol. The van der Waals surface area contributed by atoms with E-state index in [1.165, 1.54) is 13.8 Å². The Kier molecular flexibility index (Phi) is 11.9. The third-order valence-electron chi connectivity index (χ3n) is 5.74. The molecule has 0 aromatic carbocycles. The Balaban J connectivity index is 3.12. The van der Waals surface area contributed by atoms with Crippen LogP contribution < -0.4 is 0 Å². The van der Waals surface area contributed by atoms with E-state index in [9.17, 15) is 19.2 Å². The molecule has 0 bridgehead atoms. The van der Waals surface area contributed by atoms with Crippen molar-refractivity contribution in [2.24, 2.45) is 5.41 Å². The molecule has 0 amide bonds. The quantitative estimate of drug-likeness (QED) is 0.239. The van der Waals surface area contributed by atoms with Gasteiger partial charge in [0.1, 0.15) is 6.10 Å². The minimum atomic E-state index is -0.811. The Hall–Kier alpha value is -2.62. The number of unbranched alkanes of at least 4 members (excludes halogenated alkanes) is 4. The van der Waals surface area contributed by atoms with Gasteiger partial charge in [-0.1, -0.05) is 58.3 Å². The van der Waals surface area contributed by atoms with Gasteiger partial charge < -0.3 is 14.6 Å². The lowest BCUT2D eigenvalue weighted by Gasteiger charge is -2.30. The number of ether oxygens (including phenoxy) is 2. The molecule has 1 aliphatic rings. The second kappa shape index (κ2) is 13.8. The summed E-state index contributed by atoms with van der Waals surface area (Å²) in [6, 6.07) is 0. The van der Waals surface area contributed by atoms with Crippen molar-refractivity contribution in [2.75, 3.05) is 0 Å². The predicted octanol–water partition coefficient (Wildman–Crippen LogP) is 4.76. The van der Waals surface area contributed by atoms with Gasteiger partial charge in [-0.25, -0.2) is 0 Å². The summed E-state index contributed by atoms with van der Waals surface area (Å²) < 4.78 is 10.9. The number of esters is 2. The van der Waals surface area contributed by atoms with Crippen molar-refractivity contribution in [3.05, 3.63) is 11.1 Å². The Morgan fingerprint density at radius 3 is 2.33 bits per heavy atom. The van der Waals surface area contributed by atoms with Crippen molar-refractivity contribution in [3.8, 4) is 11.8 Å². The van der Waals surface area contributed by atoms with Crippen LogP contribution in [0, 0.1) is 17.3 Å². The molecule has 0 heterocycles. The lowest BCUT2D eigenvalue weighted by Crippen LogP contribution is -2.32. The Labute approximate surface area is 197 Å². The predicted molar refractivity (Wildman–Crippen MR) is 124 cm³/mol. The van der Waals surface area contributed by atoms with Gasteiger partial charge >= 0.3 is 17.9 Å².